The second-order valence-electron chi connectivity index (χ2n) is 0.238. The van der Waals surface area contributed by atoms with Crippen molar-refractivity contribution in [3.8, 4) is 0 Å². The molecule has 0 amide bonds. The second-order valence-corrected chi connectivity index (χ2v) is 0.238. The van der Waals surface area contributed by atoms with Crippen molar-refractivity contribution in [2.45, 2.75) is 0 Å². The van der Waals surface area contributed by atoms with Crippen LogP contribution in [0.1, 0.15) is 2.85 Å². The third-order valence-corrected chi connectivity index (χ3v) is 0. The van der Waals surface area contributed by atoms with Crippen molar-refractivity contribution in [1.29, 1.82) is 0 Å². The Labute approximate surface area is 46.4 Å². The largest absolute Gasteiger partial charge is 1.00 e. The summed E-state index contributed by atoms with van der Waals surface area (Å²) >= 11 is 0. The van der Waals surface area contributed by atoms with Crippen LogP contribution in [0, 0.1) is 10.1 Å². The van der Waals surface area contributed by atoms with Gasteiger partial charge in [0.25, 0.3) is 5.09 Å². The number of rotatable bonds is 0. The molecule has 34 valence electrons. The third kappa shape index (κ3) is 4160. The summed E-state index contributed by atoms with van der Waals surface area (Å²) in [7, 11) is 0. The first-order valence-electron chi connectivity index (χ1n) is 0.565. The van der Waals surface area contributed by atoms with E-state index < -0.39 is 5.09 Å². The van der Waals surface area contributed by atoms with Crippen molar-refractivity contribution in [2.24, 2.45) is 0 Å². The van der Waals surface area contributed by atoms with Gasteiger partial charge in [-0.1, -0.05) is 0 Å². The molecule has 5 heavy (non-hydrogen) atoms. The molecule has 0 fully saturated rings. The standard InChI is InChI=1S/Ag.HNO3/c;2-1(3)4/h;(H,2,3,4)/q+1;/p+2. The van der Waals surface area contributed by atoms with Crippen LogP contribution in [0.5, 0.6) is 0 Å². The topological polar surface area (TPSA) is 63.4 Å². The zero-order valence-corrected chi connectivity index (χ0v) is 3.49. The average Bonchev–Trinajstić information content (AvgIpc) is 0.811. The zero-order chi connectivity index (χ0) is 3.58. The maximum atomic E-state index is 8.36. The van der Waals surface area contributed by atoms with Crippen LogP contribution < -0.4 is 0 Å². The van der Waals surface area contributed by atoms with Gasteiger partial charge in [0.2, 0.25) is 0 Å². The summed E-state index contributed by atoms with van der Waals surface area (Å²) in [6.07, 6.45) is 0. The molecular weight excluding hydrogens is 170 g/mol. The number of hydrogen-bond acceptors (Lipinski definition) is 2. The van der Waals surface area contributed by atoms with Gasteiger partial charge in [0.15, 0.2) is 0 Å². The molecule has 0 saturated carbocycles. The number of nitrogens with zero attached hydrogens (tertiary/aromatic N) is 1. The van der Waals surface area contributed by atoms with Crippen molar-refractivity contribution >= 4 is 0 Å². The van der Waals surface area contributed by atoms with Crippen molar-refractivity contribution in [3.63, 3.8) is 0 Å². The molecule has 0 aromatic carbocycles. The second kappa shape index (κ2) is 3.94. The smallest absolute Gasteiger partial charge is 0.328 e. The molecule has 0 spiro atoms. The van der Waals surface area contributed by atoms with E-state index in [1.54, 1.807) is 0 Å². The molecule has 0 atom stereocenters. The van der Waals surface area contributed by atoms with E-state index in [2.05, 4.69) is 0 Å². The van der Waals surface area contributed by atoms with Crippen molar-refractivity contribution in [2.75, 3.05) is 0 Å². The van der Waals surface area contributed by atoms with E-state index in [1.165, 1.54) is 0 Å². The van der Waals surface area contributed by atoms with Crippen LogP contribution in [0.3, 0.4) is 0 Å². The fourth-order valence-electron chi connectivity index (χ4n) is 0. The first-order valence-corrected chi connectivity index (χ1v) is 0.565. The quantitative estimate of drug-likeness (QED) is 0.315. The molecule has 0 unspecified atom stereocenters. The molecule has 1 N–H and O–H groups in total. The molecule has 0 saturated heterocycles. The summed E-state index contributed by atoms with van der Waals surface area (Å²) in [5.74, 6) is 0. The first kappa shape index (κ1) is 8.87. The van der Waals surface area contributed by atoms with Crippen LogP contribution in [0.4, 0.5) is 0 Å². The van der Waals surface area contributed by atoms with E-state index in [-0.39, 0.29) is 25.2 Å². The van der Waals surface area contributed by atoms with Crippen LogP contribution in [0.25, 0.3) is 0 Å². The van der Waals surface area contributed by atoms with Gasteiger partial charge in [0.05, 0.1) is 0 Å². The Morgan fingerprint density at radius 1 is 2.00 bits per heavy atom. The summed E-state index contributed by atoms with van der Waals surface area (Å²) in [5.41, 5.74) is 0. The first-order chi connectivity index (χ1) is 1.73. The Kier molecular flexibility index (Phi) is 6.99. The van der Waals surface area contributed by atoms with Crippen molar-refractivity contribution in [1.82, 2.24) is 0 Å². The van der Waals surface area contributed by atoms with E-state index in [1.807, 2.05) is 0 Å². The minimum absolute atomic E-state index is 0. The van der Waals surface area contributed by atoms with Crippen LogP contribution in [0.15, 0.2) is 0 Å². The summed E-state index contributed by atoms with van der Waals surface area (Å²) in [5, 5.41) is 13.6. The van der Waals surface area contributed by atoms with Gasteiger partial charge in [-0.15, -0.1) is 10.1 Å². The molecule has 0 aromatic rings. The maximum absolute atomic E-state index is 8.36. The summed E-state index contributed by atoms with van der Waals surface area (Å²) in [6.45, 7) is 0. The molecular formula is H3AgNO3+3. The molecule has 4 nitrogen and oxygen atoms in total. The average molecular weight is 173 g/mol. The molecule has 0 radical (unpaired) electrons. The Bertz CT molecular complexity index is 35.9. The van der Waals surface area contributed by atoms with E-state index in [9.17, 15) is 0 Å². The Morgan fingerprint density at radius 3 is 2.00 bits per heavy atom. The summed E-state index contributed by atoms with van der Waals surface area (Å²) in [4.78, 5) is 8.36. The van der Waals surface area contributed by atoms with Gasteiger partial charge >= 0.3 is 25.2 Å². The fourth-order valence-corrected chi connectivity index (χ4v) is 0. The summed E-state index contributed by atoms with van der Waals surface area (Å²) in [6, 6.07) is 0. The minimum Gasteiger partial charge on any atom is -0.328 e. The Hall–Kier alpha value is -0.0597. The molecule has 5 heteroatoms. The van der Waals surface area contributed by atoms with E-state index in [0.717, 1.165) is 0 Å². The Morgan fingerprint density at radius 2 is 2.00 bits per heavy atom. The molecule has 0 heterocycles. The van der Waals surface area contributed by atoms with Gasteiger partial charge in [-0.2, -0.15) is 0 Å². The third-order valence-electron chi connectivity index (χ3n) is 0. The van der Waals surface area contributed by atoms with Crippen LogP contribution >= 0.6 is 0 Å². The van der Waals surface area contributed by atoms with Gasteiger partial charge in [-0.25, -0.2) is 0 Å². The molecule has 0 aliphatic rings. The molecule has 0 bridgehead atoms. The predicted molar refractivity (Wildman–Crippen MR) is 11.0 cm³/mol. The van der Waals surface area contributed by atoms with Gasteiger partial charge < -0.3 is 5.21 Å². The zero-order valence-electron chi connectivity index (χ0n) is 4.01. The molecule has 0 rings (SSSR count). The van der Waals surface area contributed by atoms with Crippen molar-refractivity contribution in [3.05, 3.63) is 10.1 Å². The van der Waals surface area contributed by atoms with E-state index in [4.69, 9.17) is 15.3 Å². The van der Waals surface area contributed by atoms with Crippen molar-refractivity contribution < 1.29 is 35.5 Å². The van der Waals surface area contributed by atoms with Gasteiger partial charge in [-0.3, -0.25) is 0 Å². The van der Waals surface area contributed by atoms with E-state index in [0.29, 0.717) is 0 Å². The minimum atomic E-state index is -1.50. The van der Waals surface area contributed by atoms with E-state index >= 15 is 0 Å². The molecule has 0 aliphatic carbocycles. The number of hydrogen-bond donors (Lipinski definition) is 1. The predicted octanol–water partition coefficient (Wildman–Crippen LogP) is -0.125. The van der Waals surface area contributed by atoms with Crippen LogP contribution in [0.2, 0.25) is 0 Å². The molecule has 0 aromatic heterocycles. The van der Waals surface area contributed by atoms with Crippen LogP contribution in [-0.2, 0) is 22.4 Å². The normalized spacial score (nSPS) is 4.80. The van der Waals surface area contributed by atoms with Gasteiger partial charge in [-0.05, 0) is 0 Å². The molecule has 0 aliphatic heterocycles. The van der Waals surface area contributed by atoms with Gasteiger partial charge in [0, 0.05) is 0 Å². The Balaban J connectivity index is -0.0000000150. The van der Waals surface area contributed by atoms with Crippen LogP contribution in [-0.4, -0.2) is 10.3 Å². The monoisotopic (exact) mass is 172 g/mol. The SMILES string of the molecule is O=[N+]([O-])O.[Ag+].[H+].[H+]. The summed E-state index contributed by atoms with van der Waals surface area (Å²) < 4.78 is 0. The maximum Gasteiger partial charge on any atom is 1.00 e. The van der Waals surface area contributed by atoms with Gasteiger partial charge in [0.1, 0.15) is 0 Å². The fraction of sp³-hybridized carbons (Fsp3) is 0.